The number of rotatable bonds is 4. The zero-order valence-electron chi connectivity index (χ0n) is 11.1. The number of oxime groups is 1. The summed E-state index contributed by atoms with van der Waals surface area (Å²) in [5, 5.41) is 15.7. The van der Waals surface area contributed by atoms with E-state index in [0.29, 0.717) is 12.0 Å². The van der Waals surface area contributed by atoms with Crippen LogP contribution in [0.3, 0.4) is 0 Å². The molecule has 0 aliphatic carbocycles. The van der Waals surface area contributed by atoms with Gasteiger partial charge in [-0.2, -0.15) is 5.10 Å². The third-order valence-electron chi connectivity index (χ3n) is 2.92. The monoisotopic (exact) mass is 253 g/mol. The second kappa shape index (κ2) is 5.52. The minimum atomic E-state index is -0.479. The molecule has 1 aromatic rings. The van der Waals surface area contributed by atoms with Crippen LogP contribution in [0.2, 0.25) is 0 Å². The maximum atomic E-state index is 12.3. The Hall–Kier alpha value is -2.05. The first-order chi connectivity index (χ1) is 8.42. The molecule has 0 fully saturated rings. The largest absolute Gasteiger partial charge is 0.409 e. The summed E-state index contributed by atoms with van der Waals surface area (Å²) in [5.74, 6) is -0.202. The Morgan fingerprint density at radius 1 is 1.72 bits per heavy atom. The Morgan fingerprint density at radius 2 is 2.33 bits per heavy atom. The molecule has 18 heavy (non-hydrogen) atoms. The first-order valence-corrected chi connectivity index (χ1v) is 5.69. The molecule has 1 atom stereocenters. The fourth-order valence-electron chi connectivity index (χ4n) is 1.62. The molecule has 1 amide bonds. The first kappa shape index (κ1) is 14.0. The molecule has 0 spiro atoms. The highest BCUT2D eigenvalue weighted by Gasteiger charge is 2.23. The van der Waals surface area contributed by atoms with Gasteiger partial charge in [0.1, 0.15) is 0 Å². The number of nitrogens with zero attached hydrogens (tertiary/aromatic N) is 4. The van der Waals surface area contributed by atoms with Crippen LogP contribution in [-0.4, -0.2) is 44.7 Å². The van der Waals surface area contributed by atoms with Crippen LogP contribution in [0.4, 0.5) is 0 Å². The Bertz CT molecular complexity index is 466. The van der Waals surface area contributed by atoms with Crippen LogP contribution in [0.5, 0.6) is 0 Å². The smallest absolute Gasteiger partial charge is 0.257 e. The highest BCUT2D eigenvalue weighted by Crippen LogP contribution is 2.11. The van der Waals surface area contributed by atoms with Gasteiger partial charge in [0.15, 0.2) is 5.84 Å². The van der Waals surface area contributed by atoms with E-state index >= 15 is 0 Å². The molecule has 0 aromatic carbocycles. The molecule has 7 nitrogen and oxygen atoms in total. The van der Waals surface area contributed by atoms with Crippen LogP contribution in [0.15, 0.2) is 11.4 Å². The normalized spacial score (nSPS) is 13.4. The van der Waals surface area contributed by atoms with Crippen molar-refractivity contribution in [2.45, 2.75) is 26.3 Å². The minimum Gasteiger partial charge on any atom is -0.409 e. The summed E-state index contributed by atoms with van der Waals surface area (Å²) >= 11 is 0. The summed E-state index contributed by atoms with van der Waals surface area (Å²) < 4.78 is 1.61. The summed E-state index contributed by atoms with van der Waals surface area (Å²) in [4.78, 5) is 13.7. The van der Waals surface area contributed by atoms with E-state index in [0.717, 1.165) is 5.69 Å². The van der Waals surface area contributed by atoms with Gasteiger partial charge < -0.3 is 15.8 Å². The Morgan fingerprint density at radius 3 is 2.83 bits per heavy atom. The van der Waals surface area contributed by atoms with E-state index in [9.17, 15) is 4.79 Å². The van der Waals surface area contributed by atoms with E-state index in [1.807, 2.05) is 6.92 Å². The Balaban J connectivity index is 2.99. The molecule has 0 radical (unpaired) electrons. The SMILES string of the molecule is CCc1nn(C)cc1C(=O)N(C)C(C)/C(N)=N/O. The van der Waals surface area contributed by atoms with E-state index in [4.69, 9.17) is 10.9 Å². The third kappa shape index (κ3) is 2.61. The van der Waals surface area contributed by atoms with E-state index in [1.165, 1.54) is 4.90 Å². The van der Waals surface area contributed by atoms with Gasteiger partial charge >= 0.3 is 0 Å². The molecule has 1 rings (SSSR count). The first-order valence-electron chi connectivity index (χ1n) is 5.69. The molecule has 100 valence electrons. The second-order valence-electron chi connectivity index (χ2n) is 4.13. The van der Waals surface area contributed by atoms with Crippen molar-refractivity contribution in [2.75, 3.05) is 7.05 Å². The number of amides is 1. The topological polar surface area (TPSA) is 96.7 Å². The molecule has 7 heteroatoms. The molecule has 3 N–H and O–H groups in total. The van der Waals surface area contributed by atoms with Crippen LogP contribution >= 0.6 is 0 Å². The van der Waals surface area contributed by atoms with Crippen molar-refractivity contribution < 1.29 is 10.0 Å². The van der Waals surface area contributed by atoms with Gasteiger partial charge in [-0.1, -0.05) is 12.1 Å². The lowest BCUT2D eigenvalue weighted by Gasteiger charge is -2.23. The number of nitrogens with two attached hydrogens (primary N) is 1. The maximum absolute atomic E-state index is 12.3. The van der Waals surface area contributed by atoms with Crippen molar-refractivity contribution >= 4 is 11.7 Å². The van der Waals surface area contributed by atoms with Gasteiger partial charge in [-0.05, 0) is 13.3 Å². The van der Waals surface area contributed by atoms with Crippen molar-refractivity contribution in [2.24, 2.45) is 17.9 Å². The number of carbonyl (C=O) groups is 1. The quantitative estimate of drug-likeness (QED) is 0.346. The number of hydrogen-bond acceptors (Lipinski definition) is 4. The van der Waals surface area contributed by atoms with Crippen LogP contribution < -0.4 is 5.73 Å². The fraction of sp³-hybridized carbons (Fsp3) is 0.545. The van der Waals surface area contributed by atoms with Gasteiger partial charge in [0.05, 0.1) is 17.3 Å². The lowest BCUT2D eigenvalue weighted by atomic mass is 10.1. The fourth-order valence-corrected chi connectivity index (χ4v) is 1.62. The highest BCUT2D eigenvalue weighted by molar-refractivity contribution is 5.98. The van der Waals surface area contributed by atoms with E-state index < -0.39 is 6.04 Å². The zero-order chi connectivity index (χ0) is 13.9. The van der Waals surface area contributed by atoms with E-state index in [-0.39, 0.29) is 11.7 Å². The predicted molar refractivity (Wildman–Crippen MR) is 67.6 cm³/mol. The minimum absolute atomic E-state index is 0.00668. The molecule has 1 heterocycles. The molecular weight excluding hydrogens is 234 g/mol. The summed E-state index contributed by atoms with van der Waals surface area (Å²) in [6.07, 6.45) is 2.35. The van der Waals surface area contributed by atoms with Gasteiger partial charge in [0.2, 0.25) is 0 Å². The summed E-state index contributed by atoms with van der Waals surface area (Å²) in [5.41, 5.74) is 6.77. The lowest BCUT2D eigenvalue weighted by Crippen LogP contribution is -2.44. The van der Waals surface area contributed by atoms with Crippen LogP contribution in [0, 0.1) is 0 Å². The Labute approximate surface area is 106 Å². The van der Waals surface area contributed by atoms with Gasteiger partial charge in [-0.3, -0.25) is 9.48 Å². The number of likely N-dealkylation sites (N-methyl/N-ethyl adjacent to an activating group) is 1. The molecule has 0 aliphatic rings. The van der Waals surface area contributed by atoms with Crippen molar-refractivity contribution in [3.8, 4) is 0 Å². The maximum Gasteiger partial charge on any atom is 0.257 e. The van der Waals surface area contributed by atoms with Crippen molar-refractivity contribution in [3.63, 3.8) is 0 Å². The van der Waals surface area contributed by atoms with Crippen molar-refractivity contribution in [1.29, 1.82) is 0 Å². The standard InChI is InChI=1S/C11H19N5O2/c1-5-9-8(6-15(3)13-9)11(17)16(4)7(2)10(12)14-18/h6-7,18H,5H2,1-4H3,(H2,12,14). The molecule has 0 bridgehead atoms. The van der Waals surface area contributed by atoms with Crippen LogP contribution in [0.25, 0.3) is 0 Å². The lowest BCUT2D eigenvalue weighted by molar-refractivity contribution is 0.0775. The molecule has 0 saturated heterocycles. The van der Waals surface area contributed by atoms with E-state index in [2.05, 4.69) is 10.3 Å². The van der Waals surface area contributed by atoms with E-state index in [1.54, 1.807) is 31.9 Å². The number of hydrogen-bond donors (Lipinski definition) is 2. The predicted octanol–water partition coefficient (Wildman–Crippen LogP) is 0.189. The molecule has 0 saturated carbocycles. The average Bonchev–Trinajstić information content (AvgIpc) is 2.76. The summed E-state index contributed by atoms with van der Waals surface area (Å²) in [6, 6.07) is -0.479. The molecule has 0 aliphatic heterocycles. The Kier molecular flexibility index (Phi) is 4.30. The van der Waals surface area contributed by atoms with Crippen molar-refractivity contribution in [3.05, 3.63) is 17.5 Å². The molecule has 1 aromatic heterocycles. The van der Waals surface area contributed by atoms with Gasteiger partial charge in [-0.25, -0.2) is 0 Å². The summed E-state index contributed by atoms with van der Waals surface area (Å²) in [7, 11) is 3.38. The van der Waals surface area contributed by atoms with Crippen LogP contribution in [-0.2, 0) is 13.5 Å². The molecule has 1 unspecified atom stereocenters. The van der Waals surface area contributed by atoms with Crippen molar-refractivity contribution in [1.82, 2.24) is 14.7 Å². The number of carbonyl (C=O) groups excluding carboxylic acids is 1. The number of aromatic nitrogens is 2. The zero-order valence-corrected chi connectivity index (χ0v) is 11.1. The van der Waals surface area contributed by atoms with Gasteiger partial charge in [-0.15, -0.1) is 0 Å². The average molecular weight is 253 g/mol. The number of aryl methyl sites for hydroxylation is 2. The summed E-state index contributed by atoms with van der Waals surface area (Å²) in [6.45, 7) is 3.63. The third-order valence-corrected chi connectivity index (χ3v) is 2.92. The molecular formula is C11H19N5O2. The number of amidine groups is 1. The van der Waals surface area contributed by atoms with Gasteiger partial charge in [0, 0.05) is 20.3 Å². The van der Waals surface area contributed by atoms with Crippen LogP contribution in [0.1, 0.15) is 29.9 Å². The van der Waals surface area contributed by atoms with Gasteiger partial charge in [0.25, 0.3) is 5.91 Å². The second-order valence-corrected chi connectivity index (χ2v) is 4.13. The highest BCUT2D eigenvalue weighted by atomic mass is 16.4.